The number of hydrogen-bond acceptors (Lipinski definition) is 3. The Morgan fingerprint density at radius 2 is 1.82 bits per heavy atom. The number of pyridine rings is 1. The molecule has 0 unspecified atom stereocenters. The third kappa shape index (κ3) is 4.51. The average Bonchev–Trinajstić information content (AvgIpc) is 3.16. The number of halogens is 1. The average molecular weight is 461 g/mol. The van der Waals surface area contributed by atoms with Gasteiger partial charge in [0.2, 0.25) is 5.91 Å². The molecule has 0 atom stereocenters. The lowest BCUT2D eigenvalue weighted by molar-refractivity contribution is -0.121. The number of aromatic nitrogens is 3. The molecule has 4 aromatic rings. The molecule has 0 saturated heterocycles. The van der Waals surface area contributed by atoms with Gasteiger partial charge < -0.3 is 5.32 Å². The highest BCUT2D eigenvalue weighted by Crippen LogP contribution is 2.26. The molecule has 176 valence electrons. The summed E-state index contributed by atoms with van der Waals surface area (Å²) in [4.78, 5) is 25.9. The van der Waals surface area contributed by atoms with Crippen LogP contribution in [0.15, 0.2) is 53.3 Å². The van der Waals surface area contributed by atoms with Crippen LogP contribution in [0.4, 0.5) is 4.39 Å². The SMILES string of the molecule is CCn1c(=O)c(CCC(=O)NCc2ccc(F)cc2)c(C)c2c(C)nn(-c3cccc(C)c3)c21. The topological polar surface area (TPSA) is 68.9 Å². The summed E-state index contributed by atoms with van der Waals surface area (Å²) in [5, 5.41) is 8.57. The molecule has 2 heterocycles. The second-order valence-electron chi connectivity index (χ2n) is 8.59. The number of nitrogens with one attached hydrogen (secondary N) is 1. The Morgan fingerprint density at radius 3 is 2.50 bits per heavy atom. The maximum absolute atomic E-state index is 13.5. The van der Waals surface area contributed by atoms with Gasteiger partial charge >= 0.3 is 0 Å². The zero-order valence-corrected chi connectivity index (χ0v) is 20.0. The van der Waals surface area contributed by atoms with Crippen LogP contribution in [0.1, 0.15) is 41.3 Å². The van der Waals surface area contributed by atoms with Gasteiger partial charge in [-0.1, -0.05) is 24.3 Å². The van der Waals surface area contributed by atoms with Crippen LogP contribution >= 0.6 is 0 Å². The highest BCUT2D eigenvalue weighted by molar-refractivity contribution is 5.85. The molecule has 0 spiro atoms. The van der Waals surface area contributed by atoms with Crippen molar-refractivity contribution in [3.8, 4) is 5.69 Å². The summed E-state index contributed by atoms with van der Waals surface area (Å²) in [5.41, 5.74) is 5.88. The van der Waals surface area contributed by atoms with E-state index in [1.54, 1.807) is 16.7 Å². The van der Waals surface area contributed by atoms with E-state index in [9.17, 15) is 14.0 Å². The van der Waals surface area contributed by atoms with E-state index in [0.717, 1.165) is 39.1 Å². The van der Waals surface area contributed by atoms with Crippen molar-refractivity contribution in [2.24, 2.45) is 0 Å². The van der Waals surface area contributed by atoms with Crippen LogP contribution in [-0.2, 0) is 24.3 Å². The van der Waals surface area contributed by atoms with Gasteiger partial charge in [-0.2, -0.15) is 5.10 Å². The van der Waals surface area contributed by atoms with E-state index >= 15 is 0 Å². The molecule has 6 nitrogen and oxygen atoms in total. The van der Waals surface area contributed by atoms with E-state index in [-0.39, 0.29) is 23.7 Å². The maximum atomic E-state index is 13.5. The first-order valence-electron chi connectivity index (χ1n) is 11.5. The first kappa shape index (κ1) is 23.4. The van der Waals surface area contributed by atoms with Gasteiger partial charge in [0.15, 0.2) is 0 Å². The maximum Gasteiger partial charge on any atom is 0.255 e. The predicted octanol–water partition coefficient (Wildman–Crippen LogP) is 4.52. The van der Waals surface area contributed by atoms with Gasteiger partial charge in [0, 0.05) is 30.5 Å². The number of nitrogens with zero attached hydrogens (tertiary/aromatic N) is 3. The van der Waals surface area contributed by atoms with Gasteiger partial charge in [0.1, 0.15) is 11.5 Å². The van der Waals surface area contributed by atoms with E-state index in [1.807, 2.05) is 56.6 Å². The van der Waals surface area contributed by atoms with E-state index in [4.69, 9.17) is 5.10 Å². The van der Waals surface area contributed by atoms with Crippen molar-refractivity contribution >= 4 is 16.9 Å². The molecule has 0 aliphatic rings. The molecular formula is C27H29FN4O2. The van der Waals surface area contributed by atoms with Crippen LogP contribution in [0, 0.1) is 26.6 Å². The molecular weight excluding hydrogens is 431 g/mol. The molecule has 0 aliphatic carbocycles. The third-order valence-electron chi connectivity index (χ3n) is 6.19. The second-order valence-corrected chi connectivity index (χ2v) is 8.59. The van der Waals surface area contributed by atoms with Gasteiger partial charge in [-0.15, -0.1) is 0 Å². The molecule has 0 bridgehead atoms. The summed E-state index contributed by atoms with van der Waals surface area (Å²) in [6.07, 6.45) is 0.530. The molecule has 4 rings (SSSR count). The van der Waals surface area contributed by atoms with Crippen LogP contribution in [-0.4, -0.2) is 20.3 Å². The van der Waals surface area contributed by atoms with Crippen molar-refractivity contribution in [2.75, 3.05) is 0 Å². The quantitative estimate of drug-likeness (QED) is 0.441. The minimum absolute atomic E-state index is 0.0902. The highest BCUT2D eigenvalue weighted by atomic mass is 19.1. The largest absolute Gasteiger partial charge is 0.352 e. The first-order valence-corrected chi connectivity index (χ1v) is 11.5. The van der Waals surface area contributed by atoms with E-state index in [0.29, 0.717) is 25.1 Å². The molecule has 1 amide bonds. The summed E-state index contributed by atoms with van der Waals surface area (Å²) in [6, 6.07) is 14.1. The fourth-order valence-electron chi connectivity index (χ4n) is 4.43. The van der Waals surface area contributed by atoms with Crippen LogP contribution in [0.2, 0.25) is 0 Å². The Balaban J connectivity index is 1.64. The Hall–Kier alpha value is -3.74. The number of carbonyl (C=O) groups excluding carboxylic acids is 1. The van der Waals surface area contributed by atoms with E-state index < -0.39 is 0 Å². The number of hydrogen-bond donors (Lipinski definition) is 1. The molecule has 1 N–H and O–H groups in total. The smallest absolute Gasteiger partial charge is 0.255 e. The minimum Gasteiger partial charge on any atom is -0.352 e. The molecule has 34 heavy (non-hydrogen) atoms. The molecule has 7 heteroatoms. The Kier molecular flexibility index (Phi) is 6.63. The van der Waals surface area contributed by atoms with Crippen molar-refractivity contribution in [3.05, 3.63) is 92.6 Å². The molecule has 0 aliphatic heterocycles. The summed E-state index contributed by atoms with van der Waals surface area (Å²) >= 11 is 0. The van der Waals surface area contributed by atoms with Crippen LogP contribution in [0.25, 0.3) is 16.7 Å². The number of aryl methyl sites for hydroxylation is 4. The lowest BCUT2D eigenvalue weighted by Crippen LogP contribution is -2.28. The first-order chi connectivity index (χ1) is 16.3. The molecule has 2 aromatic heterocycles. The number of benzene rings is 2. The van der Waals surface area contributed by atoms with Crippen molar-refractivity contribution in [2.45, 2.75) is 53.6 Å². The van der Waals surface area contributed by atoms with Crippen molar-refractivity contribution in [3.63, 3.8) is 0 Å². The zero-order valence-electron chi connectivity index (χ0n) is 20.0. The van der Waals surface area contributed by atoms with Crippen LogP contribution in [0.5, 0.6) is 0 Å². The standard InChI is InChI=1S/C27H29FN4O2/c1-5-31-26-25(19(4)30-32(26)22-8-6-7-17(2)15-22)18(3)23(27(31)34)13-14-24(33)29-16-20-9-11-21(28)12-10-20/h6-12,15H,5,13-14,16H2,1-4H3,(H,29,33). The number of amides is 1. The van der Waals surface area contributed by atoms with Gasteiger partial charge in [-0.05, 0) is 75.1 Å². The van der Waals surface area contributed by atoms with Gasteiger partial charge in [0.25, 0.3) is 5.56 Å². The molecule has 2 aromatic carbocycles. The lowest BCUT2D eigenvalue weighted by atomic mass is 10.0. The molecule has 0 saturated carbocycles. The summed E-state index contributed by atoms with van der Waals surface area (Å²) in [5.74, 6) is -0.465. The Labute approximate surface area is 198 Å². The second kappa shape index (κ2) is 9.63. The lowest BCUT2D eigenvalue weighted by Gasteiger charge is -2.15. The summed E-state index contributed by atoms with van der Waals surface area (Å²) in [7, 11) is 0. The monoisotopic (exact) mass is 460 g/mol. The fourth-order valence-corrected chi connectivity index (χ4v) is 4.43. The van der Waals surface area contributed by atoms with E-state index in [1.165, 1.54) is 12.1 Å². The number of carbonyl (C=O) groups is 1. The number of rotatable bonds is 7. The van der Waals surface area contributed by atoms with Gasteiger partial charge in [-0.3, -0.25) is 14.2 Å². The van der Waals surface area contributed by atoms with E-state index in [2.05, 4.69) is 5.32 Å². The minimum atomic E-state index is -0.311. The van der Waals surface area contributed by atoms with Crippen LogP contribution < -0.4 is 10.9 Å². The van der Waals surface area contributed by atoms with Gasteiger partial charge in [-0.25, -0.2) is 9.07 Å². The summed E-state index contributed by atoms with van der Waals surface area (Å²) in [6.45, 7) is 8.67. The molecule has 0 radical (unpaired) electrons. The third-order valence-corrected chi connectivity index (χ3v) is 6.19. The Bertz CT molecular complexity index is 1420. The number of fused-ring (bicyclic) bond motifs is 1. The van der Waals surface area contributed by atoms with Crippen molar-refractivity contribution in [1.29, 1.82) is 0 Å². The highest BCUT2D eigenvalue weighted by Gasteiger charge is 2.21. The normalized spacial score (nSPS) is 11.2. The fraction of sp³-hybridized carbons (Fsp3) is 0.296. The predicted molar refractivity (Wildman–Crippen MR) is 132 cm³/mol. The summed E-state index contributed by atoms with van der Waals surface area (Å²) < 4.78 is 16.7. The van der Waals surface area contributed by atoms with Crippen LogP contribution in [0.3, 0.4) is 0 Å². The molecule has 0 fully saturated rings. The van der Waals surface area contributed by atoms with Crippen molar-refractivity contribution in [1.82, 2.24) is 19.7 Å². The van der Waals surface area contributed by atoms with Crippen molar-refractivity contribution < 1.29 is 9.18 Å². The Morgan fingerprint density at radius 1 is 1.09 bits per heavy atom. The zero-order chi connectivity index (χ0) is 24.4. The van der Waals surface area contributed by atoms with Gasteiger partial charge in [0.05, 0.1) is 11.4 Å².